The van der Waals surface area contributed by atoms with Crippen LogP contribution in [0.4, 0.5) is 0 Å². The second kappa shape index (κ2) is 25.7. The van der Waals surface area contributed by atoms with Crippen LogP contribution >= 0.6 is 0 Å². The van der Waals surface area contributed by atoms with Crippen LogP contribution in [-0.4, -0.2) is 38.3 Å². The highest BCUT2D eigenvalue weighted by Crippen LogP contribution is 2.67. The van der Waals surface area contributed by atoms with E-state index in [-0.39, 0.29) is 0 Å². The van der Waals surface area contributed by atoms with Crippen molar-refractivity contribution in [3.8, 4) is 0 Å². The second-order valence-corrected chi connectivity index (χ2v) is 21.4. The van der Waals surface area contributed by atoms with Crippen LogP contribution in [0.15, 0.2) is 36.0 Å². The van der Waals surface area contributed by atoms with Gasteiger partial charge in [0.15, 0.2) is 0 Å². The molecule has 0 aromatic rings. The van der Waals surface area contributed by atoms with Gasteiger partial charge < -0.3 is 9.64 Å². The maximum Gasteiger partial charge on any atom is 0.0612 e. The Morgan fingerprint density at radius 1 is 0.714 bits per heavy atom. The summed E-state index contributed by atoms with van der Waals surface area (Å²) in [6.45, 7) is 17.3. The van der Waals surface area contributed by atoms with Gasteiger partial charge in [-0.15, -0.1) is 0 Å². The molecule has 0 aromatic carbocycles. The van der Waals surface area contributed by atoms with Gasteiger partial charge in [0.2, 0.25) is 0 Å². The van der Waals surface area contributed by atoms with Crippen LogP contribution in [0.3, 0.4) is 0 Å². The van der Waals surface area contributed by atoms with Gasteiger partial charge >= 0.3 is 0 Å². The Kier molecular flexibility index (Phi) is 21.9. The Hall–Kier alpha value is -0.860. The van der Waals surface area contributed by atoms with Gasteiger partial charge in [-0.3, -0.25) is 0 Å². The molecule has 0 saturated heterocycles. The van der Waals surface area contributed by atoms with E-state index in [2.05, 4.69) is 90.9 Å². The first kappa shape index (κ1) is 47.8. The van der Waals surface area contributed by atoms with Gasteiger partial charge in [-0.05, 0) is 169 Å². The number of allylic oxidation sites excluding steroid dienone is 5. The summed E-state index contributed by atoms with van der Waals surface area (Å²) >= 11 is 0. The third-order valence-electron chi connectivity index (χ3n) is 16.3. The standard InChI is InChI=1S/C54H97NO/c1-9-10-11-12-13-14-15-16-17-18-19-20-21-22-23-24-25-26-31-46(43-55(7)8)32-28-41-56-48-37-39-53(5)47(42-48)33-34-49-51-36-35-50(45(4)30-27-29-44(2)3)54(51,6)40-38-52(49)53/h13-14,16-17,33,44-46,48-52H,9-12,15,18-32,34-43H2,1-8H3/b14-13-,17-16-. The zero-order valence-corrected chi connectivity index (χ0v) is 39.1. The molecule has 9 unspecified atom stereocenters. The minimum absolute atomic E-state index is 0.435. The molecule has 0 N–H and O–H groups in total. The summed E-state index contributed by atoms with van der Waals surface area (Å²) in [4.78, 5) is 2.42. The third-order valence-corrected chi connectivity index (χ3v) is 16.3. The van der Waals surface area contributed by atoms with Crippen molar-refractivity contribution in [3.63, 3.8) is 0 Å². The molecule has 324 valence electrons. The van der Waals surface area contributed by atoms with E-state index in [1.165, 1.54) is 180 Å². The van der Waals surface area contributed by atoms with Gasteiger partial charge in [0, 0.05) is 13.2 Å². The molecule has 0 heterocycles. The fraction of sp³-hybridized carbons (Fsp3) is 0.889. The minimum atomic E-state index is 0.435. The van der Waals surface area contributed by atoms with Gasteiger partial charge in [0.25, 0.3) is 0 Å². The van der Waals surface area contributed by atoms with Crippen molar-refractivity contribution in [2.45, 2.75) is 227 Å². The molecular weight excluding hydrogens is 679 g/mol. The number of ether oxygens (including phenoxy) is 1. The third kappa shape index (κ3) is 15.0. The Morgan fingerprint density at radius 3 is 2.09 bits per heavy atom. The lowest BCUT2D eigenvalue weighted by Crippen LogP contribution is -2.51. The summed E-state index contributed by atoms with van der Waals surface area (Å²) in [6.07, 6.45) is 51.2. The van der Waals surface area contributed by atoms with Crippen LogP contribution in [0, 0.1) is 52.3 Å². The van der Waals surface area contributed by atoms with Gasteiger partial charge in [-0.2, -0.15) is 0 Å². The SMILES string of the molecule is CCCCC/C=C\C/C=C\CCCCCCCCCCC(CCCOC1CCC2(C)C(=CCC3C2CCC2(C)C(C(C)CCCC(C)C)CCC32)C1)CN(C)C. The molecule has 0 spiro atoms. The first-order valence-corrected chi connectivity index (χ1v) is 25.3. The Labute approximate surface area is 351 Å². The molecule has 0 aliphatic heterocycles. The summed E-state index contributed by atoms with van der Waals surface area (Å²) in [5.41, 5.74) is 2.82. The fourth-order valence-corrected chi connectivity index (χ4v) is 13.0. The zero-order valence-electron chi connectivity index (χ0n) is 39.1. The van der Waals surface area contributed by atoms with Crippen LogP contribution in [0.2, 0.25) is 0 Å². The lowest BCUT2D eigenvalue weighted by Gasteiger charge is -2.58. The highest BCUT2D eigenvalue weighted by molar-refractivity contribution is 5.25. The average Bonchev–Trinajstić information content (AvgIpc) is 3.53. The quantitative estimate of drug-likeness (QED) is 0.0554. The van der Waals surface area contributed by atoms with Gasteiger partial charge in [0.1, 0.15) is 0 Å². The van der Waals surface area contributed by atoms with Crippen molar-refractivity contribution in [1.82, 2.24) is 4.90 Å². The van der Waals surface area contributed by atoms with Crippen molar-refractivity contribution in [1.29, 1.82) is 0 Å². The van der Waals surface area contributed by atoms with Gasteiger partial charge in [-0.1, -0.05) is 155 Å². The Bertz CT molecular complexity index is 1130. The van der Waals surface area contributed by atoms with E-state index in [0.717, 1.165) is 54.5 Å². The lowest BCUT2D eigenvalue weighted by atomic mass is 9.47. The van der Waals surface area contributed by atoms with E-state index in [1.807, 2.05) is 0 Å². The van der Waals surface area contributed by atoms with Crippen LogP contribution in [0.5, 0.6) is 0 Å². The number of hydrogen-bond donors (Lipinski definition) is 0. The van der Waals surface area contributed by atoms with Crippen LogP contribution in [0.1, 0.15) is 221 Å². The molecule has 3 saturated carbocycles. The molecule has 0 amide bonds. The minimum Gasteiger partial charge on any atom is -0.378 e. The number of nitrogens with zero attached hydrogens (tertiary/aromatic N) is 1. The average molecular weight is 776 g/mol. The highest BCUT2D eigenvalue weighted by Gasteiger charge is 2.59. The van der Waals surface area contributed by atoms with E-state index in [4.69, 9.17) is 4.74 Å². The Balaban J connectivity index is 1.07. The van der Waals surface area contributed by atoms with Gasteiger partial charge in [-0.25, -0.2) is 0 Å². The van der Waals surface area contributed by atoms with Crippen molar-refractivity contribution < 1.29 is 4.74 Å². The molecule has 4 rings (SSSR count). The summed E-state index contributed by atoms with van der Waals surface area (Å²) in [7, 11) is 4.53. The van der Waals surface area contributed by atoms with Crippen molar-refractivity contribution in [3.05, 3.63) is 36.0 Å². The monoisotopic (exact) mass is 776 g/mol. The molecule has 2 heteroatoms. The molecule has 56 heavy (non-hydrogen) atoms. The molecule has 4 aliphatic carbocycles. The van der Waals surface area contributed by atoms with Crippen molar-refractivity contribution in [2.24, 2.45) is 52.3 Å². The van der Waals surface area contributed by atoms with E-state index in [0.29, 0.717) is 16.9 Å². The van der Waals surface area contributed by atoms with Crippen molar-refractivity contribution >= 4 is 0 Å². The van der Waals surface area contributed by atoms with Crippen LogP contribution < -0.4 is 0 Å². The summed E-state index contributed by atoms with van der Waals surface area (Å²) in [6, 6.07) is 0. The summed E-state index contributed by atoms with van der Waals surface area (Å²) in [5.74, 6) is 6.34. The Morgan fingerprint density at radius 2 is 1.39 bits per heavy atom. The molecule has 0 radical (unpaired) electrons. The smallest absolute Gasteiger partial charge is 0.0612 e. The summed E-state index contributed by atoms with van der Waals surface area (Å²) in [5, 5.41) is 0. The second-order valence-electron chi connectivity index (χ2n) is 21.4. The number of unbranched alkanes of at least 4 members (excludes halogenated alkanes) is 11. The predicted octanol–water partition coefficient (Wildman–Crippen LogP) is 16.4. The molecule has 0 aromatic heterocycles. The van der Waals surface area contributed by atoms with Gasteiger partial charge in [0.05, 0.1) is 6.10 Å². The largest absolute Gasteiger partial charge is 0.378 e. The topological polar surface area (TPSA) is 12.5 Å². The lowest BCUT2D eigenvalue weighted by molar-refractivity contribution is -0.0642. The fourth-order valence-electron chi connectivity index (χ4n) is 13.0. The van der Waals surface area contributed by atoms with Crippen LogP contribution in [-0.2, 0) is 4.74 Å². The highest BCUT2D eigenvalue weighted by atomic mass is 16.5. The summed E-state index contributed by atoms with van der Waals surface area (Å²) < 4.78 is 6.72. The van der Waals surface area contributed by atoms with Crippen molar-refractivity contribution in [2.75, 3.05) is 27.2 Å². The van der Waals surface area contributed by atoms with E-state index >= 15 is 0 Å². The molecule has 2 nitrogen and oxygen atoms in total. The number of hydrogen-bond acceptors (Lipinski definition) is 2. The molecule has 3 fully saturated rings. The normalized spacial score (nSPS) is 30.2. The number of rotatable bonds is 29. The first-order valence-electron chi connectivity index (χ1n) is 25.3. The van der Waals surface area contributed by atoms with E-state index in [1.54, 1.807) is 5.57 Å². The molecule has 0 bridgehead atoms. The first-order chi connectivity index (χ1) is 27.1. The predicted molar refractivity (Wildman–Crippen MR) is 247 cm³/mol. The molecular formula is C54H97NO. The van der Waals surface area contributed by atoms with E-state index in [9.17, 15) is 0 Å². The van der Waals surface area contributed by atoms with Crippen LogP contribution in [0.25, 0.3) is 0 Å². The molecule has 9 atom stereocenters. The number of fused-ring (bicyclic) bond motifs is 5. The zero-order chi connectivity index (χ0) is 40.2. The molecule has 4 aliphatic rings. The maximum absolute atomic E-state index is 6.72. The van der Waals surface area contributed by atoms with E-state index < -0.39 is 0 Å². The maximum atomic E-state index is 6.72.